The van der Waals surface area contributed by atoms with E-state index in [0.29, 0.717) is 23.3 Å². The van der Waals surface area contributed by atoms with Crippen LogP contribution in [0.2, 0.25) is 0 Å². The third-order valence-electron chi connectivity index (χ3n) is 5.52. The number of hydrogen-bond acceptors (Lipinski definition) is 3. The first-order valence-electron chi connectivity index (χ1n) is 10.3. The molecule has 4 aromatic rings. The molecule has 4 rings (SSSR count). The first-order chi connectivity index (χ1) is 17.1. The van der Waals surface area contributed by atoms with Crippen LogP contribution in [0, 0.1) is 0 Å². The fraction of sp³-hybridized carbons (Fsp3) is 0.208. The molecule has 1 unspecified atom stereocenters. The Morgan fingerprint density at radius 1 is 0.730 bits per heavy atom. The van der Waals surface area contributed by atoms with Gasteiger partial charge in [0, 0.05) is 16.0 Å². The van der Waals surface area contributed by atoms with Crippen LogP contribution in [0.25, 0.3) is 16.6 Å². The van der Waals surface area contributed by atoms with Gasteiger partial charge in [-0.05, 0) is 48.0 Å². The Kier molecular flexibility index (Phi) is 6.74. The van der Waals surface area contributed by atoms with Crippen molar-refractivity contribution in [1.82, 2.24) is 9.78 Å². The number of rotatable bonds is 5. The molecule has 0 saturated heterocycles. The number of para-hydroxylation sites is 1. The lowest BCUT2D eigenvalue weighted by Gasteiger charge is -2.31. The quantitative estimate of drug-likeness (QED) is 0.205. The molecule has 1 heterocycles. The zero-order valence-electron chi connectivity index (χ0n) is 18.3. The maximum Gasteiger partial charge on any atom is 0.422 e. The number of thioether (sulfide) groups is 1. The van der Waals surface area contributed by atoms with Gasteiger partial charge in [0.2, 0.25) is 0 Å². The van der Waals surface area contributed by atoms with E-state index in [-0.39, 0.29) is 23.2 Å². The van der Waals surface area contributed by atoms with E-state index >= 15 is 0 Å². The Morgan fingerprint density at radius 2 is 1.32 bits per heavy atom. The molecule has 13 heteroatoms. The maximum atomic E-state index is 14.1. The summed E-state index contributed by atoms with van der Waals surface area (Å²) < 4.78 is 122. The number of halogens is 9. The van der Waals surface area contributed by atoms with Crippen molar-refractivity contribution >= 4 is 22.7 Å². The molecule has 0 aliphatic carbocycles. The van der Waals surface area contributed by atoms with Gasteiger partial charge in [0.25, 0.3) is 0 Å². The Hall–Kier alpha value is -3.19. The molecule has 0 aliphatic heterocycles. The van der Waals surface area contributed by atoms with E-state index in [9.17, 15) is 44.6 Å². The topological polar surface area (TPSA) is 38.1 Å². The van der Waals surface area contributed by atoms with E-state index in [0.717, 1.165) is 12.1 Å². The first-order valence-corrected chi connectivity index (χ1v) is 11.3. The summed E-state index contributed by atoms with van der Waals surface area (Å²) in [5.41, 5.74) is -6.54. The van der Waals surface area contributed by atoms with E-state index in [1.54, 1.807) is 30.3 Å². The van der Waals surface area contributed by atoms with Crippen LogP contribution < -0.4 is 0 Å². The minimum atomic E-state index is -5.31. The van der Waals surface area contributed by atoms with Crippen LogP contribution in [0.1, 0.15) is 16.7 Å². The smallest absolute Gasteiger partial charge is 0.376 e. The second-order valence-corrected chi connectivity index (χ2v) is 9.10. The zero-order chi connectivity index (χ0) is 27.2. The Bertz CT molecular complexity index is 1380. The molecule has 1 atom stereocenters. The highest BCUT2D eigenvalue weighted by Crippen LogP contribution is 2.45. The fourth-order valence-corrected chi connectivity index (χ4v) is 4.72. The minimum Gasteiger partial charge on any atom is -0.376 e. The highest BCUT2D eigenvalue weighted by atomic mass is 32.2. The molecule has 0 spiro atoms. The summed E-state index contributed by atoms with van der Waals surface area (Å²) in [4.78, 5) is -0.734. The number of benzene rings is 3. The summed E-state index contributed by atoms with van der Waals surface area (Å²) in [6, 6.07) is 12.5. The summed E-state index contributed by atoms with van der Waals surface area (Å²) >= 11 is 0.0263. The van der Waals surface area contributed by atoms with E-state index in [1.807, 2.05) is 0 Å². The van der Waals surface area contributed by atoms with Gasteiger partial charge in [0.05, 0.1) is 28.5 Å². The van der Waals surface area contributed by atoms with Crippen LogP contribution in [0.15, 0.2) is 77.8 Å². The van der Waals surface area contributed by atoms with Crippen molar-refractivity contribution < 1.29 is 44.6 Å². The molecule has 3 nitrogen and oxygen atoms in total. The molecule has 0 bridgehead atoms. The molecule has 196 valence electrons. The van der Waals surface area contributed by atoms with Gasteiger partial charge in [-0.3, -0.25) is 0 Å². The maximum absolute atomic E-state index is 14.1. The van der Waals surface area contributed by atoms with Gasteiger partial charge < -0.3 is 5.11 Å². The second kappa shape index (κ2) is 9.28. The molecular formula is C24H15F9N2OS. The normalized spacial score (nSPS) is 14.6. The predicted molar refractivity (Wildman–Crippen MR) is 118 cm³/mol. The van der Waals surface area contributed by atoms with Crippen molar-refractivity contribution in [2.45, 2.75) is 29.0 Å². The van der Waals surface area contributed by atoms with Crippen molar-refractivity contribution in [3.63, 3.8) is 0 Å². The van der Waals surface area contributed by atoms with E-state index in [2.05, 4.69) is 5.10 Å². The molecular weight excluding hydrogens is 535 g/mol. The summed E-state index contributed by atoms with van der Waals surface area (Å²) in [7, 11) is 0. The van der Waals surface area contributed by atoms with Crippen LogP contribution in [-0.2, 0) is 18.0 Å². The highest BCUT2D eigenvalue weighted by Gasteiger charge is 2.55. The van der Waals surface area contributed by atoms with Gasteiger partial charge in [-0.25, -0.2) is 4.68 Å². The number of aliphatic hydroxyl groups is 1. The van der Waals surface area contributed by atoms with Crippen molar-refractivity contribution in [2.24, 2.45) is 0 Å². The van der Waals surface area contributed by atoms with Crippen LogP contribution in [0.3, 0.4) is 0 Å². The fourth-order valence-electron chi connectivity index (χ4n) is 3.59. The van der Waals surface area contributed by atoms with Crippen LogP contribution in [0.5, 0.6) is 0 Å². The molecule has 0 saturated carbocycles. The SMILES string of the molecule is OC(CSc1cc(C(F)(F)F)cc(C(F)(F)F)c1)(c1ccc2c(cnn2-c2ccccc2)c1)C(F)(F)F. The monoisotopic (exact) mass is 550 g/mol. The number of hydrogen-bond donors (Lipinski definition) is 1. The van der Waals surface area contributed by atoms with Crippen molar-refractivity contribution in [2.75, 3.05) is 5.75 Å². The zero-order valence-corrected chi connectivity index (χ0v) is 19.1. The van der Waals surface area contributed by atoms with Crippen LogP contribution in [-0.4, -0.2) is 26.8 Å². The third-order valence-corrected chi connectivity index (χ3v) is 6.66. The Morgan fingerprint density at radius 3 is 1.86 bits per heavy atom. The molecule has 0 amide bonds. The summed E-state index contributed by atoms with van der Waals surface area (Å²) in [6.45, 7) is 0. The van der Waals surface area contributed by atoms with E-state index in [4.69, 9.17) is 0 Å². The Labute approximate surface area is 207 Å². The number of nitrogens with zero attached hydrogens (tertiary/aromatic N) is 2. The largest absolute Gasteiger partial charge is 0.422 e. The van der Waals surface area contributed by atoms with Crippen molar-refractivity contribution in [3.05, 3.63) is 89.6 Å². The molecule has 0 aliphatic rings. The average molecular weight is 550 g/mol. The number of fused-ring (bicyclic) bond motifs is 1. The van der Waals surface area contributed by atoms with Crippen LogP contribution in [0.4, 0.5) is 39.5 Å². The van der Waals surface area contributed by atoms with Gasteiger partial charge in [0.15, 0.2) is 5.60 Å². The second-order valence-electron chi connectivity index (χ2n) is 8.05. The Balaban J connectivity index is 1.71. The van der Waals surface area contributed by atoms with Crippen LogP contribution >= 0.6 is 11.8 Å². The van der Waals surface area contributed by atoms with Gasteiger partial charge >= 0.3 is 18.5 Å². The summed E-state index contributed by atoms with van der Waals surface area (Å²) in [6.07, 6.45) is -14.4. The van der Waals surface area contributed by atoms with E-state index < -0.39 is 51.5 Å². The molecule has 1 N–H and O–H groups in total. The predicted octanol–water partition coefficient (Wildman–Crippen LogP) is 7.61. The number of alkyl halides is 9. The summed E-state index contributed by atoms with van der Waals surface area (Å²) in [5, 5.41) is 15.1. The standard InChI is InChI=1S/C24H15F9N2OS/c25-22(26,27)16-9-17(23(28,29)30)11-19(10-16)37-13-21(36,24(31,32)33)15-6-7-20-14(8-15)12-34-35(20)18-4-2-1-3-5-18/h1-12,36H,13H2. The van der Waals surface area contributed by atoms with Crippen molar-refractivity contribution in [1.29, 1.82) is 0 Å². The lowest BCUT2D eigenvalue weighted by atomic mass is 9.94. The molecule has 0 radical (unpaired) electrons. The summed E-state index contributed by atoms with van der Waals surface area (Å²) in [5.74, 6) is -1.30. The lowest BCUT2D eigenvalue weighted by Crippen LogP contribution is -2.44. The molecule has 3 aromatic carbocycles. The average Bonchev–Trinajstić information content (AvgIpc) is 3.24. The minimum absolute atomic E-state index is 0.0263. The number of aromatic nitrogens is 2. The molecule has 1 aromatic heterocycles. The highest BCUT2D eigenvalue weighted by molar-refractivity contribution is 7.99. The molecule has 37 heavy (non-hydrogen) atoms. The first kappa shape index (κ1) is 26.9. The van der Waals surface area contributed by atoms with Gasteiger partial charge in [-0.15, -0.1) is 11.8 Å². The lowest BCUT2D eigenvalue weighted by molar-refractivity contribution is -0.256. The third kappa shape index (κ3) is 5.42. The molecule has 0 fully saturated rings. The van der Waals surface area contributed by atoms with Gasteiger partial charge in [-0.1, -0.05) is 24.3 Å². The van der Waals surface area contributed by atoms with E-state index in [1.165, 1.54) is 16.9 Å². The van der Waals surface area contributed by atoms with Gasteiger partial charge in [-0.2, -0.15) is 44.6 Å². The van der Waals surface area contributed by atoms with Gasteiger partial charge in [0.1, 0.15) is 0 Å². The van der Waals surface area contributed by atoms with Crippen molar-refractivity contribution in [3.8, 4) is 5.69 Å².